The maximum absolute atomic E-state index is 12.8. The summed E-state index contributed by atoms with van der Waals surface area (Å²) in [4.78, 5) is 26.2. The van der Waals surface area contributed by atoms with Crippen LogP contribution >= 0.6 is 15.9 Å². The molecule has 0 aliphatic heterocycles. The number of hydrogen-bond donors (Lipinski definition) is 1. The van der Waals surface area contributed by atoms with Crippen molar-refractivity contribution in [3.05, 3.63) is 47.0 Å². The van der Waals surface area contributed by atoms with Gasteiger partial charge in [0.05, 0.1) is 6.04 Å². The summed E-state index contributed by atoms with van der Waals surface area (Å²) in [5.41, 5.74) is 0.475. The molecule has 26 heavy (non-hydrogen) atoms. The highest BCUT2D eigenvalue weighted by Gasteiger charge is 2.25. The Bertz CT molecular complexity index is 608. The van der Waals surface area contributed by atoms with Crippen molar-refractivity contribution in [2.45, 2.75) is 45.3 Å². The zero-order valence-electron chi connectivity index (χ0n) is 16.0. The number of nitrogens with one attached hydrogen (secondary N) is 1. The summed E-state index contributed by atoms with van der Waals surface area (Å²) in [6.45, 7) is 9.70. The van der Waals surface area contributed by atoms with E-state index in [1.807, 2.05) is 24.3 Å². The normalized spacial score (nSPS) is 12.3. The van der Waals surface area contributed by atoms with Gasteiger partial charge in [0.25, 0.3) is 0 Å². The fraction of sp³-hybridized carbons (Fsp3) is 0.500. The lowest BCUT2D eigenvalue weighted by Crippen LogP contribution is -2.48. The molecule has 1 amide bonds. The zero-order chi connectivity index (χ0) is 19.7. The summed E-state index contributed by atoms with van der Waals surface area (Å²) < 4.78 is 6.29. The highest BCUT2D eigenvalue weighted by Crippen LogP contribution is 2.13. The van der Waals surface area contributed by atoms with E-state index < -0.39 is 17.6 Å². The van der Waals surface area contributed by atoms with Crippen LogP contribution in [0.2, 0.25) is 0 Å². The Morgan fingerprint density at radius 3 is 2.46 bits per heavy atom. The van der Waals surface area contributed by atoms with Crippen LogP contribution in [-0.2, 0) is 20.7 Å². The average molecular weight is 425 g/mol. The van der Waals surface area contributed by atoms with Crippen LogP contribution in [0, 0.1) is 0 Å². The van der Waals surface area contributed by atoms with Crippen molar-refractivity contribution in [3.63, 3.8) is 0 Å². The summed E-state index contributed by atoms with van der Waals surface area (Å²) >= 11 is 3.41. The number of halogens is 1. The van der Waals surface area contributed by atoms with E-state index in [1.54, 1.807) is 33.9 Å². The fourth-order valence-corrected chi connectivity index (χ4v) is 2.64. The van der Waals surface area contributed by atoms with Crippen molar-refractivity contribution in [1.82, 2.24) is 10.2 Å². The Kier molecular flexibility index (Phi) is 9.02. The van der Waals surface area contributed by atoms with Crippen LogP contribution in [0.5, 0.6) is 0 Å². The largest absolute Gasteiger partial charge is 0.459 e. The first kappa shape index (κ1) is 22.4. The van der Waals surface area contributed by atoms with Crippen LogP contribution < -0.4 is 5.32 Å². The summed E-state index contributed by atoms with van der Waals surface area (Å²) in [6, 6.07) is 7.44. The highest BCUT2D eigenvalue weighted by atomic mass is 79.9. The molecule has 0 aromatic heterocycles. The summed E-state index contributed by atoms with van der Waals surface area (Å²) in [6.07, 6.45) is 3.11. The number of carbonyl (C=O) groups excluding carboxylic acids is 2. The minimum absolute atomic E-state index is 0.0733. The molecule has 1 N–H and O–H groups in total. The number of likely N-dealkylation sites (N-methyl/N-ethyl adjacent to an activating group) is 1. The second kappa shape index (κ2) is 10.5. The molecule has 0 aliphatic rings. The Morgan fingerprint density at radius 1 is 1.31 bits per heavy atom. The van der Waals surface area contributed by atoms with Gasteiger partial charge in [-0.2, -0.15) is 0 Å². The molecule has 0 saturated heterocycles. The molecular weight excluding hydrogens is 396 g/mol. The van der Waals surface area contributed by atoms with Crippen molar-refractivity contribution in [3.8, 4) is 0 Å². The van der Waals surface area contributed by atoms with Gasteiger partial charge in [-0.3, -0.25) is 9.59 Å². The molecule has 0 spiro atoms. The molecule has 1 aromatic rings. The third kappa shape index (κ3) is 8.63. The molecule has 5 nitrogen and oxygen atoms in total. The Balaban J connectivity index is 2.76. The summed E-state index contributed by atoms with van der Waals surface area (Å²) in [7, 11) is 1.62. The van der Waals surface area contributed by atoms with E-state index in [0.717, 1.165) is 16.5 Å². The minimum Gasteiger partial charge on any atom is -0.459 e. The summed E-state index contributed by atoms with van der Waals surface area (Å²) in [5, 5.41) is 3.26. The van der Waals surface area contributed by atoms with E-state index in [9.17, 15) is 9.59 Å². The number of carbonyl (C=O) groups is 2. The average Bonchev–Trinajstić information content (AvgIpc) is 2.53. The fourth-order valence-electron chi connectivity index (χ4n) is 2.37. The number of hydrogen-bond acceptors (Lipinski definition) is 4. The predicted molar refractivity (Wildman–Crippen MR) is 108 cm³/mol. The summed E-state index contributed by atoms with van der Waals surface area (Å²) in [5.74, 6) is -0.551. The Hall–Kier alpha value is -1.66. The first-order chi connectivity index (χ1) is 12.1. The molecule has 0 saturated carbocycles. The van der Waals surface area contributed by atoms with Gasteiger partial charge in [-0.1, -0.05) is 34.1 Å². The van der Waals surface area contributed by atoms with E-state index in [4.69, 9.17) is 4.74 Å². The van der Waals surface area contributed by atoms with E-state index in [-0.39, 0.29) is 12.5 Å². The molecule has 0 unspecified atom stereocenters. The van der Waals surface area contributed by atoms with Crippen LogP contribution in [-0.4, -0.2) is 48.6 Å². The van der Waals surface area contributed by atoms with Gasteiger partial charge >= 0.3 is 5.97 Å². The van der Waals surface area contributed by atoms with Gasteiger partial charge in [-0.15, -0.1) is 6.58 Å². The number of nitrogens with zero attached hydrogens (tertiary/aromatic N) is 1. The van der Waals surface area contributed by atoms with E-state index >= 15 is 0 Å². The van der Waals surface area contributed by atoms with Crippen LogP contribution in [0.25, 0.3) is 0 Å². The first-order valence-electron chi connectivity index (χ1n) is 8.68. The van der Waals surface area contributed by atoms with E-state index in [0.29, 0.717) is 13.0 Å². The number of rotatable bonds is 9. The predicted octanol–water partition coefficient (Wildman–Crippen LogP) is 3.33. The molecule has 0 radical (unpaired) electrons. The number of ether oxygens (including phenoxy) is 1. The standard InChI is InChI=1S/C20H29BrN2O3/c1-6-7-12-22-17(13-15-8-10-16(21)11-9-15)19(25)23(5)14-18(24)26-20(2,3)4/h6,8-11,17,22H,1,7,12-14H2,2-5H3/t17-/m0/s1. The van der Waals surface area contributed by atoms with Crippen molar-refractivity contribution < 1.29 is 14.3 Å². The van der Waals surface area contributed by atoms with Crippen molar-refractivity contribution >= 4 is 27.8 Å². The second-order valence-electron chi connectivity index (χ2n) is 7.20. The Labute approximate surface area is 164 Å². The molecule has 0 aliphatic carbocycles. The zero-order valence-corrected chi connectivity index (χ0v) is 17.6. The third-order valence-corrected chi connectivity index (χ3v) is 4.08. The molecule has 6 heteroatoms. The van der Waals surface area contributed by atoms with Gasteiger partial charge in [0.15, 0.2) is 0 Å². The molecular formula is C20H29BrN2O3. The van der Waals surface area contributed by atoms with Crippen LogP contribution in [0.4, 0.5) is 0 Å². The lowest BCUT2D eigenvalue weighted by molar-refractivity contribution is -0.158. The van der Waals surface area contributed by atoms with Crippen LogP contribution in [0.15, 0.2) is 41.4 Å². The van der Waals surface area contributed by atoms with Crippen molar-refractivity contribution in [1.29, 1.82) is 0 Å². The topological polar surface area (TPSA) is 58.6 Å². The smallest absolute Gasteiger partial charge is 0.326 e. The molecule has 1 aromatic carbocycles. The van der Waals surface area contributed by atoms with E-state index in [1.165, 1.54) is 4.90 Å². The maximum atomic E-state index is 12.8. The van der Waals surface area contributed by atoms with Gasteiger partial charge < -0.3 is 15.0 Å². The van der Waals surface area contributed by atoms with Crippen molar-refractivity contribution in [2.75, 3.05) is 20.1 Å². The monoisotopic (exact) mass is 424 g/mol. The van der Waals surface area contributed by atoms with Gasteiger partial charge in [0.1, 0.15) is 12.1 Å². The number of esters is 1. The second-order valence-corrected chi connectivity index (χ2v) is 8.11. The molecule has 0 bridgehead atoms. The van der Waals surface area contributed by atoms with Gasteiger partial charge in [-0.25, -0.2) is 0 Å². The first-order valence-corrected chi connectivity index (χ1v) is 9.47. The number of benzene rings is 1. The van der Waals surface area contributed by atoms with Gasteiger partial charge in [0.2, 0.25) is 5.91 Å². The molecule has 0 heterocycles. The lowest BCUT2D eigenvalue weighted by Gasteiger charge is -2.26. The minimum atomic E-state index is -0.569. The van der Waals surface area contributed by atoms with Gasteiger partial charge in [-0.05, 0) is 57.9 Å². The highest BCUT2D eigenvalue weighted by molar-refractivity contribution is 9.10. The van der Waals surface area contributed by atoms with E-state index in [2.05, 4.69) is 27.8 Å². The van der Waals surface area contributed by atoms with Crippen LogP contribution in [0.1, 0.15) is 32.8 Å². The quantitative estimate of drug-likeness (QED) is 0.375. The molecule has 144 valence electrons. The molecule has 0 fully saturated rings. The van der Waals surface area contributed by atoms with Gasteiger partial charge in [0, 0.05) is 11.5 Å². The Morgan fingerprint density at radius 2 is 1.92 bits per heavy atom. The lowest BCUT2D eigenvalue weighted by atomic mass is 10.0. The SMILES string of the molecule is C=CCCN[C@@H](Cc1ccc(Br)cc1)C(=O)N(C)CC(=O)OC(C)(C)C. The number of amides is 1. The third-order valence-electron chi connectivity index (χ3n) is 3.55. The van der Waals surface area contributed by atoms with Crippen molar-refractivity contribution in [2.24, 2.45) is 0 Å². The van der Waals surface area contributed by atoms with Crippen LogP contribution in [0.3, 0.4) is 0 Å². The molecule has 1 rings (SSSR count). The molecule has 1 atom stereocenters. The maximum Gasteiger partial charge on any atom is 0.326 e.